The summed E-state index contributed by atoms with van der Waals surface area (Å²) in [4.78, 5) is 3.99. The van der Waals surface area contributed by atoms with E-state index in [-0.39, 0.29) is 10.8 Å². The molecule has 0 aliphatic carbocycles. The molecule has 0 bridgehead atoms. The molecule has 0 unspecified atom stereocenters. The monoisotopic (exact) mass is 367 g/mol. The largest absolute Gasteiger partial charge is 0.508 e. The van der Waals surface area contributed by atoms with Crippen molar-refractivity contribution in [3.8, 4) is 11.4 Å². The fourth-order valence-corrected chi connectivity index (χ4v) is 2.61. The van der Waals surface area contributed by atoms with Crippen LogP contribution in [-0.4, -0.2) is 30.3 Å². The van der Waals surface area contributed by atoms with E-state index in [2.05, 4.69) is 36.4 Å². The van der Waals surface area contributed by atoms with E-state index >= 15 is 0 Å². The smallest absolute Gasteiger partial charge is 0.220 e. The summed E-state index contributed by atoms with van der Waals surface area (Å²) in [5.74, 6) is -0.323. The molecule has 0 amide bonds. The molecule has 0 saturated carbocycles. The van der Waals surface area contributed by atoms with Gasteiger partial charge in [0.25, 0.3) is 0 Å². The zero-order valence-corrected chi connectivity index (χ0v) is 12.7. The van der Waals surface area contributed by atoms with E-state index in [0.717, 1.165) is 11.8 Å². The van der Waals surface area contributed by atoms with Crippen molar-refractivity contribution in [3.05, 3.63) is 46.8 Å². The third-order valence-electron chi connectivity index (χ3n) is 2.50. The van der Waals surface area contributed by atoms with Crippen LogP contribution in [-0.2, 0) is 0 Å². The molecule has 1 N–H and O–H groups in total. The summed E-state index contributed by atoms with van der Waals surface area (Å²) in [5, 5.41) is 21.1. The summed E-state index contributed by atoms with van der Waals surface area (Å²) in [5.41, 5.74) is 0.651. The molecule has 2 heterocycles. The van der Waals surface area contributed by atoms with Gasteiger partial charge >= 0.3 is 0 Å². The van der Waals surface area contributed by atoms with Crippen molar-refractivity contribution >= 4 is 27.7 Å². The summed E-state index contributed by atoms with van der Waals surface area (Å²) in [7, 11) is 0. The number of aromatic nitrogens is 5. The Bertz CT molecular complexity index is 780. The van der Waals surface area contributed by atoms with Crippen LogP contribution in [0.4, 0.5) is 4.39 Å². The van der Waals surface area contributed by atoms with Crippen LogP contribution in [0.2, 0.25) is 0 Å². The first-order valence-electron chi connectivity index (χ1n) is 5.70. The minimum absolute atomic E-state index is 0.140. The first kappa shape index (κ1) is 14.0. The first-order valence-corrected chi connectivity index (χ1v) is 7.31. The fraction of sp³-hybridized carbons (Fsp3) is 0. The molecule has 0 saturated heterocycles. The maximum atomic E-state index is 13.8. The summed E-state index contributed by atoms with van der Waals surface area (Å²) in [6, 6.07) is 7.67. The van der Waals surface area contributed by atoms with Gasteiger partial charge in [-0.15, -0.1) is 5.10 Å². The number of phenolic OH excluding ortho intramolecular Hbond substituents is 1. The van der Waals surface area contributed by atoms with Crippen LogP contribution in [0, 0.1) is 5.82 Å². The number of benzene rings is 1. The SMILES string of the molecule is Oc1ccc(-n2nnnc2Sc2ncc(Br)cc2F)cc1. The summed E-state index contributed by atoms with van der Waals surface area (Å²) in [6.45, 7) is 0. The number of phenols is 1. The van der Waals surface area contributed by atoms with Gasteiger partial charge in [-0.1, -0.05) is 0 Å². The Hall–Kier alpha value is -2.00. The molecule has 2 aromatic heterocycles. The van der Waals surface area contributed by atoms with E-state index in [0.29, 0.717) is 15.3 Å². The van der Waals surface area contributed by atoms with Gasteiger partial charge in [0.2, 0.25) is 5.16 Å². The van der Waals surface area contributed by atoms with Crippen LogP contribution in [0.1, 0.15) is 0 Å². The molecular formula is C12H7BrFN5OS. The molecule has 0 atom stereocenters. The van der Waals surface area contributed by atoms with Gasteiger partial charge in [-0.2, -0.15) is 4.68 Å². The predicted octanol–water partition coefficient (Wildman–Crippen LogP) is 2.82. The number of tetrazole rings is 1. The van der Waals surface area contributed by atoms with Gasteiger partial charge in [0.1, 0.15) is 10.8 Å². The highest BCUT2D eigenvalue weighted by molar-refractivity contribution is 9.10. The van der Waals surface area contributed by atoms with Crippen LogP contribution in [0.25, 0.3) is 5.69 Å². The molecule has 0 radical (unpaired) electrons. The van der Waals surface area contributed by atoms with Crippen LogP contribution >= 0.6 is 27.7 Å². The Labute approximate surface area is 131 Å². The van der Waals surface area contributed by atoms with Gasteiger partial charge in [-0.05, 0) is 68.5 Å². The van der Waals surface area contributed by atoms with Crippen LogP contribution in [0.3, 0.4) is 0 Å². The summed E-state index contributed by atoms with van der Waals surface area (Å²) in [6.07, 6.45) is 1.50. The topological polar surface area (TPSA) is 76.7 Å². The molecule has 0 fully saturated rings. The molecule has 6 nitrogen and oxygen atoms in total. The molecule has 1 aromatic carbocycles. The number of aromatic hydroxyl groups is 1. The van der Waals surface area contributed by atoms with Crippen molar-refractivity contribution in [1.29, 1.82) is 0 Å². The molecule has 3 rings (SSSR count). The average Bonchev–Trinajstić information content (AvgIpc) is 2.91. The first-order chi connectivity index (χ1) is 10.1. The zero-order chi connectivity index (χ0) is 14.8. The van der Waals surface area contributed by atoms with E-state index in [1.807, 2.05) is 0 Å². The maximum Gasteiger partial charge on any atom is 0.220 e. The number of hydrogen-bond donors (Lipinski definition) is 1. The number of halogens is 2. The molecule has 21 heavy (non-hydrogen) atoms. The van der Waals surface area contributed by atoms with E-state index < -0.39 is 5.82 Å². The highest BCUT2D eigenvalue weighted by atomic mass is 79.9. The van der Waals surface area contributed by atoms with E-state index in [9.17, 15) is 9.50 Å². The Morgan fingerprint density at radius 1 is 1.24 bits per heavy atom. The third kappa shape index (κ3) is 3.03. The van der Waals surface area contributed by atoms with Gasteiger partial charge in [0.15, 0.2) is 5.82 Å². The average molecular weight is 368 g/mol. The van der Waals surface area contributed by atoms with Crippen LogP contribution < -0.4 is 0 Å². The number of rotatable bonds is 3. The molecule has 0 aliphatic heterocycles. The fourth-order valence-electron chi connectivity index (χ4n) is 1.56. The normalized spacial score (nSPS) is 10.8. The lowest BCUT2D eigenvalue weighted by Crippen LogP contribution is -1.99. The van der Waals surface area contributed by atoms with Gasteiger partial charge in [-0.25, -0.2) is 9.37 Å². The van der Waals surface area contributed by atoms with Crippen molar-refractivity contribution in [1.82, 2.24) is 25.2 Å². The quantitative estimate of drug-likeness (QED) is 0.766. The van der Waals surface area contributed by atoms with E-state index in [1.165, 1.54) is 29.1 Å². The lowest BCUT2D eigenvalue weighted by Gasteiger charge is -2.04. The lowest BCUT2D eigenvalue weighted by atomic mass is 10.3. The summed E-state index contributed by atoms with van der Waals surface area (Å²) >= 11 is 4.16. The predicted molar refractivity (Wildman–Crippen MR) is 76.8 cm³/mol. The number of hydrogen-bond acceptors (Lipinski definition) is 6. The maximum absolute atomic E-state index is 13.8. The molecule has 106 valence electrons. The van der Waals surface area contributed by atoms with E-state index in [1.54, 1.807) is 12.1 Å². The minimum atomic E-state index is -0.463. The second kappa shape index (κ2) is 5.78. The Kier molecular flexibility index (Phi) is 3.84. The molecule has 9 heteroatoms. The third-order valence-corrected chi connectivity index (χ3v) is 3.86. The van der Waals surface area contributed by atoms with E-state index in [4.69, 9.17) is 0 Å². The highest BCUT2D eigenvalue weighted by Gasteiger charge is 2.14. The van der Waals surface area contributed by atoms with Gasteiger partial charge in [0.05, 0.1) is 5.69 Å². The molecule has 0 aliphatic rings. The van der Waals surface area contributed by atoms with Crippen molar-refractivity contribution in [2.45, 2.75) is 10.2 Å². The number of pyridine rings is 1. The van der Waals surface area contributed by atoms with Gasteiger partial charge < -0.3 is 5.11 Å². The number of nitrogens with zero attached hydrogens (tertiary/aromatic N) is 5. The standard InChI is InChI=1S/C12H7BrFN5OS/c13-7-5-10(14)11(15-6-7)21-12-16-17-18-19(12)8-1-3-9(20)4-2-8/h1-6,20H. The second-order valence-corrected chi connectivity index (χ2v) is 5.80. The van der Waals surface area contributed by atoms with Crippen molar-refractivity contribution in [2.24, 2.45) is 0 Å². The minimum Gasteiger partial charge on any atom is -0.508 e. The van der Waals surface area contributed by atoms with Gasteiger partial charge in [0, 0.05) is 10.7 Å². The van der Waals surface area contributed by atoms with Gasteiger partial charge in [-0.3, -0.25) is 0 Å². The van der Waals surface area contributed by atoms with Crippen molar-refractivity contribution in [2.75, 3.05) is 0 Å². The highest BCUT2D eigenvalue weighted by Crippen LogP contribution is 2.28. The van der Waals surface area contributed by atoms with Crippen molar-refractivity contribution < 1.29 is 9.50 Å². The molecular weight excluding hydrogens is 361 g/mol. The van der Waals surface area contributed by atoms with Crippen LogP contribution in [0.5, 0.6) is 5.75 Å². The summed E-state index contributed by atoms with van der Waals surface area (Å²) < 4.78 is 15.8. The lowest BCUT2D eigenvalue weighted by molar-refractivity contribution is 0.475. The molecule has 0 spiro atoms. The molecule has 3 aromatic rings. The Balaban J connectivity index is 1.94. The van der Waals surface area contributed by atoms with Crippen LogP contribution in [0.15, 0.2) is 51.2 Å². The van der Waals surface area contributed by atoms with Crippen molar-refractivity contribution in [3.63, 3.8) is 0 Å². The Morgan fingerprint density at radius 3 is 2.71 bits per heavy atom. The zero-order valence-electron chi connectivity index (χ0n) is 10.3. The second-order valence-electron chi connectivity index (χ2n) is 3.93. The Morgan fingerprint density at radius 2 is 2.00 bits per heavy atom.